The summed E-state index contributed by atoms with van der Waals surface area (Å²) < 4.78 is 0. The number of nitrogens with one attached hydrogen (secondary N) is 1. The molecule has 0 spiro atoms. The molecule has 4 aliphatic rings. The third-order valence-corrected chi connectivity index (χ3v) is 4.75. The molecule has 0 radical (unpaired) electrons. The van der Waals surface area contributed by atoms with Gasteiger partial charge < -0.3 is 11.7 Å². The van der Waals surface area contributed by atoms with Crippen LogP contribution < -0.4 is 46.6 Å². The van der Waals surface area contributed by atoms with Gasteiger partial charge in [0.25, 0.3) is 0 Å². The van der Waals surface area contributed by atoms with Crippen LogP contribution >= 0.6 is 0 Å². The smallest absolute Gasteiger partial charge is 0.329 e. The van der Waals surface area contributed by atoms with Gasteiger partial charge >= 0.3 is 29.6 Å². The first-order chi connectivity index (χ1) is 10.2. The Hall–Kier alpha value is 0.800. The van der Waals surface area contributed by atoms with Gasteiger partial charge in [0.15, 0.2) is 0 Å². The Morgan fingerprint density at radius 1 is 0.773 bits per heavy atom. The Bertz CT molecular complexity index is 261. The van der Waals surface area contributed by atoms with E-state index in [1.54, 1.807) is 0 Å². The van der Waals surface area contributed by atoms with Gasteiger partial charge in [-0.3, -0.25) is 11.7 Å². The van der Waals surface area contributed by atoms with E-state index >= 15 is 0 Å². The van der Waals surface area contributed by atoms with Crippen molar-refractivity contribution in [2.24, 2.45) is 11.7 Å². The molecule has 0 aromatic rings. The Morgan fingerprint density at radius 3 is 1.64 bits per heavy atom. The Balaban J connectivity index is 0.000000186. The molecule has 0 amide bonds. The summed E-state index contributed by atoms with van der Waals surface area (Å²) in [7, 11) is 0. The molecule has 1 atom stereocenters. The van der Waals surface area contributed by atoms with Gasteiger partial charge in [0.1, 0.15) is 0 Å². The van der Waals surface area contributed by atoms with Gasteiger partial charge in [-0.25, -0.2) is 10.0 Å². The fourth-order valence-electron chi connectivity index (χ4n) is 2.78. The maximum absolute atomic E-state index is 5.65. The van der Waals surface area contributed by atoms with Crippen molar-refractivity contribution < 1.29 is 29.6 Å². The summed E-state index contributed by atoms with van der Waals surface area (Å²) in [5.41, 5.74) is 0. The van der Waals surface area contributed by atoms with Gasteiger partial charge in [-0.2, -0.15) is 12.8 Å². The van der Waals surface area contributed by atoms with Crippen molar-refractivity contribution in [2.75, 3.05) is 26.2 Å². The van der Waals surface area contributed by atoms with Crippen LogP contribution in [0.5, 0.6) is 0 Å². The van der Waals surface area contributed by atoms with Crippen molar-refractivity contribution in [3.63, 3.8) is 0 Å². The molecular weight excluding hydrogens is 285 g/mol. The Kier molecular flexibility index (Phi) is 11.6. The van der Waals surface area contributed by atoms with Gasteiger partial charge in [0.05, 0.1) is 0 Å². The van der Waals surface area contributed by atoms with Crippen LogP contribution in [0.15, 0.2) is 0 Å². The number of nitrogens with zero attached hydrogens (tertiary/aromatic N) is 2. The molecule has 6 heteroatoms. The number of rotatable bonds is 2. The zero-order valence-corrected chi connectivity index (χ0v) is 16.5. The standard InChI is InChI=1S/C8H17N3.C4H10N2.C4H7.Na/c9-11-5-4-8(6-11)10-7-2-1-3-7;5-6-3-1-2-4-6;1-2-4-3-1;/h7-8,10H,1-6,9H2;1-5H2;1H,2-4H2;/q;;-1;+1. The van der Waals surface area contributed by atoms with Crippen LogP contribution in [0.25, 0.3) is 0 Å². The minimum atomic E-state index is 0. The average molecular weight is 319 g/mol. The molecule has 4 rings (SSSR count). The molecule has 2 saturated heterocycles. The molecule has 2 aliphatic carbocycles. The van der Waals surface area contributed by atoms with Gasteiger partial charge in [0, 0.05) is 38.3 Å². The summed E-state index contributed by atoms with van der Waals surface area (Å²) in [5.74, 6) is 11.0. The van der Waals surface area contributed by atoms with Crippen LogP contribution in [0, 0.1) is 6.42 Å². The van der Waals surface area contributed by atoms with Crippen LogP contribution in [-0.2, 0) is 0 Å². The molecule has 2 heterocycles. The molecule has 0 bridgehead atoms. The minimum absolute atomic E-state index is 0. The summed E-state index contributed by atoms with van der Waals surface area (Å²) in [6.07, 6.45) is 14.5. The largest absolute Gasteiger partial charge is 1.00 e. The first kappa shape index (κ1) is 20.8. The predicted molar refractivity (Wildman–Crippen MR) is 88.1 cm³/mol. The molecule has 5 N–H and O–H groups in total. The van der Waals surface area contributed by atoms with Gasteiger partial charge in [-0.1, -0.05) is 6.42 Å². The summed E-state index contributed by atoms with van der Waals surface area (Å²) >= 11 is 0. The quantitative estimate of drug-likeness (QED) is 0.325. The van der Waals surface area contributed by atoms with Crippen LogP contribution in [-0.4, -0.2) is 48.3 Å². The average Bonchev–Trinajstić information content (AvgIpc) is 2.94. The molecule has 5 nitrogen and oxygen atoms in total. The fourth-order valence-corrected chi connectivity index (χ4v) is 2.78. The second-order valence-electron chi connectivity index (χ2n) is 6.74. The van der Waals surface area contributed by atoms with E-state index in [0.717, 1.165) is 32.2 Å². The molecule has 2 saturated carbocycles. The Labute approximate surface area is 158 Å². The van der Waals surface area contributed by atoms with E-state index in [9.17, 15) is 0 Å². The number of nitrogens with two attached hydrogens (primary N) is 2. The summed E-state index contributed by atoms with van der Waals surface area (Å²) in [4.78, 5) is 0. The van der Waals surface area contributed by atoms with Crippen LogP contribution in [0.3, 0.4) is 0 Å². The van der Waals surface area contributed by atoms with Crippen molar-refractivity contribution in [1.29, 1.82) is 0 Å². The normalized spacial score (nSPS) is 28.4. The number of hydrazine groups is 2. The number of hydrogen-bond acceptors (Lipinski definition) is 5. The molecule has 0 aromatic heterocycles. The van der Waals surface area contributed by atoms with Gasteiger partial charge in [-0.05, 0) is 32.1 Å². The number of hydrogen-bond donors (Lipinski definition) is 3. The molecule has 124 valence electrons. The van der Waals surface area contributed by atoms with Gasteiger partial charge in [-0.15, -0.1) is 6.42 Å². The van der Waals surface area contributed by atoms with E-state index in [2.05, 4.69) is 11.7 Å². The summed E-state index contributed by atoms with van der Waals surface area (Å²) in [5, 5.41) is 7.40. The third-order valence-electron chi connectivity index (χ3n) is 4.75. The molecule has 2 aliphatic heterocycles. The maximum Gasteiger partial charge on any atom is 1.00 e. The van der Waals surface area contributed by atoms with E-state index in [4.69, 9.17) is 11.7 Å². The van der Waals surface area contributed by atoms with Crippen LogP contribution in [0.1, 0.15) is 57.8 Å². The van der Waals surface area contributed by atoms with Crippen molar-refractivity contribution in [3.8, 4) is 0 Å². The Morgan fingerprint density at radius 2 is 1.36 bits per heavy atom. The maximum atomic E-state index is 5.65. The van der Waals surface area contributed by atoms with Crippen molar-refractivity contribution in [2.45, 2.75) is 69.9 Å². The first-order valence-electron chi connectivity index (χ1n) is 8.81. The van der Waals surface area contributed by atoms with Crippen molar-refractivity contribution >= 4 is 0 Å². The first-order valence-corrected chi connectivity index (χ1v) is 8.81. The zero-order chi connectivity index (χ0) is 14.9. The molecule has 1 unspecified atom stereocenters. The summed E-state index contributed by atoms with van der Waals surface area (Å²) in [6, 6.07) is 1.48. The molecular formula is C16H34N5Na. The van der Waals surface area contributed by atoms with E-state index in [1.165, 1.54) is 57.8 Å². The second-order valence-corrected chi connectivity index (χ2v) is 6.74. The fraction of sp³-hybridized carbons (Fsp3) is 0.938. The zero-order valence-electron chi connectivity index (χ0n) is 14.5. The van der Waals surface area contributed by atoms with E-state index in [0.29, 0.717) is 6.04 Å². The van der Waals surface area contributed by atoms with E-state index in [-0.39, 0.29) is 29.6 Å². The van der Waals surface area contributed by atoms with Crippen molar-refractivity contribution in [3.05, 3.63) is 6.42 Å². The van der Waals surface area contributed by atoms with E-state index in [1.807, 2.05) is 10.0 Å². The SMILES string of the molecule is NN1CCC(NC2CCC2)C1.NN1CCCC1.[CH-]1CCC1.[Na+]. The van der Waals surface area contributed by atoms with Crippen LogP contribution in [0.2, 0.25) is 0 Å². The third kappa shape index (κ3) is 8.60. The summed E-state index contributed by atoms with van der Waals surface area (Å²) in [6.45, 7) is 4.29. The topological polar surface area (TPSA) is 70.5 Å². The minimum Gasteiger partial charge on any atom is -0.329 e. The molecule has 22 heavy (non-hydrogen) atoms. The van der Waals surface area contributed by atoms with Crippen LogP contribution in [0.4, 0.5) is 0 Å². The second kappa shape index (κ2) is 12.2. The monoisotopic (exact) mass is 319 g/mol. The molecule has 0 aromatic carbocycles. The predicted octanol–water partition coefficient (Wildman–Crippen LogP) is -1.59. The van der Waals surface area contributed by atoms with Gasteiger partial charge in [0.2, 0.25) is 0 Å². The molecule has 4 fully saturated rings. The van der Waals surface area contributed by atoms with E-state index < -0.39 is 0 Å². The van der Waals surface area contributed by atoms with Crippen molar-refractivity contribution in [1.82, 2.24) is 15.3 Å².